The smallest absolute Gasteiger partial charge is 0.329 e. The van der Waals surface area contributed by atoms with Crippen molar-refractivity contribution in [3.8, 4) is 0 Å². The van der Waals surface area contributed by atoms with E-state index in [4.69, 9.17) is 5.11 Å². The van der Waals surface area contributed by atoms with Crippen LogP contribution < -0.4 is 5.32 Å². The highest BCUT2D eigenvalue weighted by atomic mass is 16.4. The fraction of sp³-hybridized carbons (Fsp3) is 0.846. The van der Waals surface area contributed by atoms with Gasteiger partial charge in [-0.15, -0.1) is 0 Å². The lowest BCUT2D eigenvalue weighted by atomic mass is 9.86. The molecule has 1 amide bonds. The van der Waals surface area contributed by atoms with Crippen LogP contribution in [0.5, 0.6) is 0 Å². The molecular formula is C13H21NO3. The number of hydrogen-bond donors (Lipinski definition) is 2. The standard InChI is InChI=1S/C13H21NO3/c15-11(14-13(8-9-13)12(16)17)7-6-10-4-2-1-3-5-10/h10H,1-9H2,(H,14,15)(H,16,17). The normalized spacial score (nSPS) is 23.1. The van der Waals surface area contributed by atoms with Crippen LogP contribution in [0, 0.1) is 5.92 Å². The molecule has 0 heterocycles. The minimum absolute atomic E-state index is 0.0875. The Morgan fingerprint density at radius 3 is 2.35 bits per heavy atom. The van der Waals surface area contributed by atoms with E-state index >= 15 is 0 Å². The fourth-order valence-corrected chi connectivity index (χ4v) is 2.66. The van der Waals surface area contributed by atoms with Gasteiger partial charge in [-0.25, -0.2) is 4.79 Å². The van der Waals surface area contributed by atoms with Gasteiger partial charge >= 0.3 is 5.97 Å². The lowest BCUT2D eigenvalue weighted by molar-refractivity contribution is -0.143. The van der Waals surface area contributed by atoms with Gasteiger partial charge in [0.1, 0.15) is 5.54 Å². The van der Waals surface area contributed by atoms with E-state index in [-0.39, 0.29) is 5.91 Å². The summed E-state index contributed by atoms with van der Waals surface area (Å²) in [5, 5.41) is 11.6. The molecule has 96 valence electrons. The topological polar surface area (TPSA) is 66.4 Å². The van der Waals surface area contributed by atoms with Crippen molar-refractivity contribution in [3.05, 3.63) is 0 Å². The van der Waals surface area contributed by atoms with E-state index in [0.717, 1.165) is 6.42 Å². The van der Waals surface area contributed by atoms with Crippen LogP contribution in [0.3, 0.4) is 0 Å². The first-order chi connectivity index (χ1) is 8.12. The summed E-state index contributed by atoms with van der Waals surface area (Å²) in [5.74, 6) is -0.298. The molecule has 0 aromatic carbocycles. The minimum atomic E-state index is -0.913. The number of carbonyl (C=O) groups is 2. The second kappa shape index (κ2) is 5.07. The van der Waals surface area contributed by atoms with E-state index in [1.54, 1.807) is 0 Å². The van der Waals surface area contributed by atoms with Gasteiger partial charge in [0.05, 0.1) is 0 Å². The van der Waals surface area contributed by atoms with Gasteiger partial charge in [-0.05, 0) is 25.2 Å². The van der Waals surface area contributed by atoms with Gasteiger partial charge in [0.2, 0.25) is 5.91 Å². The summed E-state index contributed by atoms with van der Waals surface area (Å²) in [6.45, 7) is 0. The van der Waals surface area contributed by atoms with Crippen molar-refractivity contribution < 1.29 is 14.7 Å². The van der Waals surface area contributed by atoms with E-state index in [1.807, 2.05) is 0 Å². The van der Waals surface area contributed by atoms with Crippen LogP contribution in [0.1, 0.15) is 57.8 Å². The number of carboxylic acid groups (broad SMARTS) is 1. The lowest BCUT2D eigenvalue weighted by Gasteiger charge is -2.21. The Morgan fingerprint density at radius 1 is 1.18 bits per heavy atom. The van der Waals surface area contributed by atoms with Crippen molar-refractivity contribution in [2.45, 2.75) is 63.3 Å². The summed E-state index contributed by atoms with van der Waals surface area (Å²) in [5.41, 5.74) is -0.913. The van der Waals surface area contributed by atoms with Gasteiger partial charge < -0.3 is 10.4 Å². The zero-order valence-corrected chi connectivity index (χ0v) is 10.2. The third-order valence-corrected chi connectivity index (χ3v) is 4.04. The largest absolute Gasteiger partial charge is 0.480 e. The second-order valence-electron chi connectivity index (χ2n) is 5.48. The monoisotopic (exact) mass is 239 g/mol. The summed E-state index contributed by atoms with van der Waals surface area (Å²) in [6, 6.07) is 0. The Kier molecular flexibility index (Phi) is 3.69. The van der Waals surface area contributed by atoms with Crippen LogP contribution in [-0.4, -0.2) is 22.5 Å². The van der Waals surface area contributed by atoms with Crippen LogP contribution in [-0.2, 0) is 9.59 Å². The van der Waals surface area contributed by atoms with Crippen LogP contribution in [0.25, 0.3) is 0 Å². The molecule has 2 saturated carbocycles. The Bertz CT molecular complexity index is 304. The first-order valence-corrected chi connectivity index (χ1v) is 6.67. The molecule has 0 aromatic rings. The molecule has 2 fully saturated rings. The molecule has 0 spiro atoms. The third-order valence-electron chi connectivity index (χ3n) is 4.04. The fourth-order valence-electron chi connectivity index (χ4n) is 2.66. The maximum absolute atomic E-state index is 11.7. The number of nitrogens with one attached hydrogen (secondary N) is 1. The first kappa shape index (κ1) is 12.4. The summed E-state index contributed by atoms with van der Waals surface area (Å²) in [6.07, 6.45) is 8.92. The number of rotatable bonds is 5. The first-order valence-electron chi connectivity index (χ1n) is 6.67. The van der Waals surface area contributed by atoms with Crippen LogP contribution >= 0.6 is 0 Å². The second-order valence-corrected chi connectivity index (χ2v) is 5.48. The predicted octanol–water partition coefficient (Wildman–Crippen LogP) is 2.08. The van der Waals surface area contributed by atoms with Gasteiger partial charge in [0, 0.05) is 6.42 Å². The molecule has 2 rings (SSSR count). The third kappa shape index (κ3) is 3.20. The lowest BCUT2D eigenvalue weighted by Crippen LogP contribution is -2.43. The van der Waals surface area contributed by atoms with E-state index in [2.05, 4.69) is 5.32 Å². The number of carboxylic acids is 1. The summed E-state index contributed by atoms with van der Waals surface area (Å²) >= 11 is 0. The molecule has 2 aliphatic carbocycles. The number of aliphatic carboxylic acids is 1. The Morgan fingerprint density at radius 2 is 1.82 bits per heavy atom. The Labute approximate surface area is 102 Å². The average Bonchev–Trinajstić information content (AvgIpc) is 3.09. The zero-order chi connectivity index (χ0) is 12.3. The molecule has 0 aliphatic heterocycles. The van der Waals surface area contributed by atoms with Gasteiger partial charge in [0.25, 0.3) is 0 Å². The van der Waals surface area contributed by atoms with Crippen molar-refractivity contribution >= 4 is 11.9 Å². The number of carbonyl (C=O) groups excluding carboxylic acids is 1. The Hall–Kier alpha value is -1.06. The van der Waals surface area contributed by atoms with Gasteiger partial charge in [-0.1, -0.05) is 32.1 Å². The molecule has 0 bridgehead atoms. The highest BCUT2D eigenvalue weighted by Crippen LogP contribution is 2.35. The molecule has 17 heavy (non-hydrogen) atoms. The van der Waals surface area contributed by atoms with E-state index in [1.165, 1.54) is 32.1 Å². The van der Waals surface area contributed by atoms with Gasteiger partial charge in [-0.2, -0.15) is 0 Å². The molecule has 2 aliphatic rings. The molecule has 4 heteroatoms. The molecule has 2 N–H and O–H groups in total. The minimum Gasteiger partial charge on any atom is -0.480 e. The Balaban J connectivity index is 1.69. The highest BCUT2D eigenvalue weighted by Gasteiger charge is 2.51. The zero-order valence-electron chi connectivity index (χ0n) is 10.2. The van der Waals surface area contributed by atoms with Gasteiger partial charge in [-0.3, -0.25) is 4.79 Å². The predicted molar refractivity (Wildman–Crippen MR) is 63.6 cm³/mol. The number of hydrogen-bond acceptors (Lipinski definition) is 2. The maximum Gasteiger partial charge on any atom is 0.329 e. The molecule has 4 nitrogen and oxygen atoms in total. The molecule has 0 aromatic heterocycles. The molecule has 0 unspecified atom stereocenters. The van der Waals surface area contributed by atoms with Crippen molar-refractivity contribution in [2.24, 2.45) is 5.92 Å². The summed E-state index contributed by atoms with van der Waals surface area (Å²) in [4.78, 5) is 22.6. The summed E-state index contributed by atoms with van der Waals surface area (Å²) < 4.78 is 0. The van der Waals surface area contributed by atoms with Crippen LogP contribution in [0.2, 0.25) is 0 Å². The van der Waals surface area contributed by atoms with Gasteiger partial charge in [0.15, 0.2) is 0 Å². The average molecular weight is 239 g/mol. The van der Waals surface area contributed by atoms with Crippen molar-refractivity contribution in [2.75, 3.05) is 0 Å². The van der Waals surface area contributed by atoms with E-state index in [9.17, 15) is 9.59 Å². The maximum atomic E-state index is 11.7. The number of amides is 1. The summed E-state index contributed by atoms with van der Waals surface area (Å²) in [7, 11) is 0. The van der Waals surface area contributed by atoms with Crippen LogP contribution in [0.15, 0.2) is 0 Å². The van der Waals surface area contributed by atoms with Crippen molar-refractivity contribution in [3.63, 3.8) is 0 Å². The van der Waals surface area contributed by atoms with E-state index < -0.39 is 11.5 Å². The van der Waals surface area contributed by atoms with Crippen molar-refractivity contribution in [1.82, 2.24) is 5.32 Å². The molecule has 0 saturated heterocycles. The highest BCUT2D eigenvalue weighted by molar-refractivity contribution is 5.89. The quantitative estimate of drug-likeness (QED) is 0.772. The van der Waals surface area contributed by atoms with Crippen LogP contribution in [0.4, 0.5) is 0 Å². The molecule has 0 radical (unpaired) electrons. The van der Waals surface area contributed by atoms with Crippen molar-refractivity contribution in [1.29, 1.82) is 0 Å². The molecule has 0 atom stereocenters. The SMILES string of the molecule is O=C(CCC1CCCCC1)NC1(C(=O)O)CC1. The molecular weight excluding hydrogens is 218 g/mol. The van der Waals surface area contributed by atoms with E-state index in [0.29, 0.717) is 25.2 Å².